The smallest absolute Gasteiger partial charge is 0.126 e. The van der Waals surface area contributed by atoms with Gasteiger partial charge in [0.1, 0.15) is 5.82 Å². The second-order valence-corrected chi connectivity index (χ2v) is 4.13. The number of anilines is 1. The van der Waals surface area contributed by atoms with Gasteiger partial charge in [-0.3, -0.25) is 4.90 Å². The fraction of sp³-hybridized carbons (Fsp3) is 0.583. The topological polar surface area (TPSA) is 48.4 Å². The highest BCUT2D eigenvalue weighted by Crippen LogP contribution is 2.08. The Morgan fingerprint density at radius 3 is 2.94 bits per heavy atom. The second kappa shape index (κ2) is 6.45. The van der Waals surface area contributed by atoms with Crippen LogP contribution in [0.5, 0.6) is 0 Å². The Morgan fingerprint density at radius 1 is 1.56 bits per heavy atom. The summed E-state index contributed by atoms with van der Waals surface area (Å²) < 4.78 is 0. The second-order valence-electron chi connectivity index (χ2n) is 4.13. The first kappa shape index (κ1) is 12.9. The average molecular weight is 223 g/mol. The number of hydrogen-bond acceptors (Lipinski definition) is 4. The minimum atomic E-state index is -0.292. The van der Waals surface area contributed by atoms with E-state index in [9.17, 15) is 5.11 Å². The molecule has 1 rings (SSSR count). The van der Waals surface area contributed by atoms with Gasteiger partial charge in [-0.25, -0.2) is 4.98 Å². The minimum Gasteiger partial charge on any atom is -0.392 e. The van der Waals surface area contributed by atoms with Crippen LogP contribution in [0.4, 0.5) is 5.82 Å². The van der Waals surface area contributed by atoms with Crippen LogP contribution in [0.25, 0.3) is 0 Å². The summed E-state index contributed by atoms with van der Waals surface area (Å²) in [4.78, 5) is 6.31. The van der Waals surface area contributed by atoms with Gasteiger partial charge in [0.05, 0.1) is 6.10 Å². The molecule has 0 radical (unpaired) electrons. The number of nitrogens with one attached hydrogen (secondary N) is 1. The molecule has 0 saturated carbocycles. The van der Waals surface area contributed by atoms with Gasteiger partial charge in [-0.2, -0.15) is 0 Å². The number of aliphatic hydroxyl groups is 1. The zero-order chi connectivity index (χ0) is 12.0. The lowest BCUT2D eigenvalue weighted by molar-refractivity contribution is 0.138. The summed E-state index contributed by atoms with van der Waals surface area (Å²) in [6, 6.07) is 4.04. The molecule has 0 fully saturated rings. The Kier molecular flexibility index (Phi) is 5.22. The minimum absolute atomic E-state index is 0.292. The number of aliphatic hydroxyl groups excluding tert-OH is 1. The number of pyridine rings is 1. The van der Waals surface area contributed by atoms with E-state index in [2.05, 4.69) is 15.2 Å². The van der Waals surface area contributed by atoms with E-state index in [1.165, 1.54) is 5.56 Å². The van der Waals surface area contributed by atoms with E-state index in [0.29, 0.717) is 6.54 Å². The van der Waals surface area contributed by atoms with Crippen LogP contribution in [-0.2, 0) is 6.54 Å². The van der Waals surface area contributed by atoms with Crippen LogP contribution in [0, 0.1) is 0 Å². The molecule has 0 aliphatic carbocycles. The maximum atomic E-state index is 9.27. The van der Waals surface area contributed by atoms with Crippen LogP contribution < -0.4 is 5.32 Å². The SMILES string of the molecule is CCNc1cc(CN(C)CC(C)O)ccn1. The molecule has 0 spiro atoms. The fourth-order valence-corrected chi connectivity index (χ4v) is 1.68. The molecule has 4 heteroatoms. The zero-order valence-corrected chi connectivity index (χ0v) is 10.3. The largest absolute Gasteiger partial charge is 0.392 e. The van der Waals surface area contributed by atoms with Gasteiger partial charge >= 0.3 is 0 Å². The van der Waals surface area contributed by atoms with Crippen molar-refractivity contribution >= 4 is 5.82 Å². The molecule has 16 heavy (non-hydrogen) atoms. The number of hydrogen-bond donors (Lipinski definition) is 2. The first-order valence-electron chi connectivity index (χ1n) is 5.67. The van der Waals surface area contributed by atoms with Crippen LogP contribution in [0.3, 0.4) is 0 Å². The third kappa shape index (κ3) is 4.59. The Morgan fingerprint density at radius 2 is 2.31 bits per heavy atom. The van der Waals surface area contributed by atoms with Crippen LogP contribution in [-0.4, -0.2) is 41.2 Å². The van der Waals surface area contributed by atoms with Gasteiger partial charge in [-0.1, -0.05) is 0 Å². The Hall–Kier alpha value is -1.13. The molecule has 1 unspecified atom stereocenters. The van der Waals surface area contributed by atoms with Crippen molar-refractivity contribution in [2.75, 3.05) is 25.5 Å². The molecule has 1 atom stereocenters. The average Bonchev–Trinajstić information content (AvgIpc) is 2.17. The van der Waals surface area contributed by atoms with Gasteiger partial charge in [0.25, 0.3) is 0 Å². The highest BCUT2D eigenvalue weighted by atomic mass is 16.3. The highest BCUT2D eigenvalue weighted by molar-refractivity contribution is 5.37. The monoisotopic (exact) mass is 223 g/mol. The standard InChI is InChI=1S/C12H21N3O/c1-4-13-12-7-11(5-6-14-12)9-15(3)8-10(2)16/h5-7,10,16H,4,8-9H2,1-3H3,(H,13,14). The lowest BCUT2D eigenvalue weighted by Gasteiger charge is -2.18. The zero-order valence-electron chi connectivity index (χ0n) is 10.3. The Balaban J connectivity index is 2.55. The molecule has 1 heterocycles. The number of nitrogens with zero attached hydrogens (tertiary/aromatic N) is 2. The van der Waals surface area contributed by atoms with E-state index in [1.807, 2.05) is 32.3 Å². The van der Waals surface area contributed by atoms with E-state index in [-0.39, 0.29) is 6.10 Å². The molecular weight excluding hydrogens is 202 g/mol. The summed E-state index contributed by atoms with van der Waals surface area (Å²) in [7, 11) is 2.00. The quantitative estimate of drug-likeness (QED) is 0.764. The first-order chi connectivity index (χ1) is 7.61. The van der Waals surface area contributed by atoms with E-state index < -0.39 is 0 Å². The molecule has 4 nitrogen and oxygen atoms in total. The molecule has 90 valence electrons. The van der Waals surface area contributed by atoms with E-state index in [4.69, 9.17) is 0 Å². The molecule has 0 amide bonds. The molecule has 0 aliphatic heterocycles. The summed E-state index contributed by atoms with van der Waals surface area (Å²) >= 11 is 0. The van der Waals surface area contributed by atoms with E-state index >= 15 is 0 Å². The number of aromatic nitrogens is 1. The van der Waals surface area contributed by atoms with Gasteiger partial charge in [0, 0.05) is 25.8 Å². The lowest BCUT2D eigenvalue weighted by Crippen LogP contribution is -2.26. The Labute approximate surface area is 97.3 Å². The summed E-state index contributed by atoms with van der Waals surface area (Å²) in [5, 5.41) is 12.5. The summed E-state index contributed by atoms with van der Waals surface area (Å²) in [5.74, 6) is 0.908. The molecule has 1 aromatic heterocycles. The van der Waals surface area contributed by atoms with Crippen LogP contribution in [0.15, 0.2) is 18.3 Å². The van der Waals surface area contributed by atoms with Gasteiger partial charge in [0.2, 0.25) is 0 Å². The van der Waals surface area contributed by atoms with Crippen molar-refractivity contribution in [1.82, 2.24) is 9.88 Å². The summed E-state index contributed by atoms with van der Waals surface area (Å²) in [5.41, 5.74) is 1.20. The van der Waals surface area contributed by atoms with Crippen molar-refractivity contribution in [3.8, 4) is 0 Å². The highest BCUT2D eigenvalue weighted by Gasteiger charge is 2.04. The van der Waals surface area contributed by atoms with Crippen molar-refractivity contribution in [1.29, 1.82) is 0 Å². The normalized spacial score (nSPS) is 12.8. The lowest BCUT2D eigenvalue weighted by atomic mass is 10.2. The molecule has 0 aliphatic rings. The molecule has 0 bridgehead atoms. The predicted octanol–water partition coefficient (Wildman–Crippen LogP) is 1.33. The van der Waals surface area contributed by atoms with Crippen molar-refractivity contribution in [2.45, 2.75) is 26.5 Å². The molecule has 0 aromatic carbocycles. The van der Waals surface area contributed by atoms with E-state index in [1.54, 1.807) is 6.92 Å². The summed E-state index contributed by atoms with van der Waals surface area (Å²) in [6.45, 7) is 6.23. The summed E-state index contributed by atoms with van der Waals surface area (Å²) in [6.07, 6.45) is 1.52. The van der Waals surface area contributed by atoms with Gasteiger partial charge in [-0.15, -0.1) is 0 Å². The van der Waals surface area contributed by atoms with Gasteiger partial charge < -0.3 is 10.4 Å². The Bertz CT molecular complexity index is 315. The van der Waals surface area contributed by atoms with Crippen LogP contribution in [0.2, 0.25) is 0 Å². The maximum Gasteiger partial charge on any atom is 0.126 e. The van der Waals surface area contributed by atoms with Crippen molar-refractivity contribution in [3.63, 3.8) is 0 Å². The van der Waals surface area contributed by atoms with Crippen LogP contribution in [0.1, 0.15) is 19.4 Å². The molecular formula is C12H21N3O. The van der Waals surface area contributed by atoms with Crippen LogP contribution >= 0.6 is 0 Å². The van der Waals surface area contributed by atoms with Crippen molar-refractivity contribution in [3.05, 3.63) is 23.9 Å². The number of rotatable bonds is 6. The fourth-order valence-electron chi connectivity index (χ4n) is 1.68. The van der Waals surface area contributed by atoms with E-state index in [0.717, 1.165) is 18.9 Å². The van der Waals surface area contributed by atoms with Crippen molar-refractivity contribution < 1.29 is 5.11 Å². The molecule has 0 saturated heterocycles. The third-order valence-corrected chi connectivity index (χ3v) is 2.21. The maximum absolute atomic E-state index is 9.27. The predicted molar refractivity (Wildman–Crippen MR) is 66.4 cm³/mol. The first-order valence-corrected chi connectivity index (χ1v) is 5.67. The van der Waals surface area contributed by atoms with Crippen molar-refractivity contribution in [2.24, 2.45) is 0 Å². The molecule has 2 N–H and O–H groups in total. The third-order valence-electron chi connectivity index (χ3n) is 2.21. The molecule has 1 aromatic rings. The van der Waals surface area contributed by atoms with Gasteiger partial charge in [0.15, 0.2) is 0 Å². The number of likely N-dealkylation sites (N-methyl/N-ethyl adjacent to an activating group) is 1. The van der Waals surface area contributed by atoms with Gasteiger partial charge in [-0.05, 0) is 38.6 Å².